The second-order valence-electron chi connectivity index (χ2n) is 9.72. The number of hydrogen-bond donors (Lipinski definition) is 2. The maximum atomic E-state index is 14.2. The number of hydrogen-bond acceptors (Lipinski definition) is 7. The lowest BCUT2D eigenvalue weighted by Gasteiger charge is -2.45. The van der Waals surface area contributed by atoms with Crippen LogP contribution in [0.25, 0.3) is 6.08 Å². The molecule has 9 nitrogen and oxygen atoms in total. The molecule has 0 aromatic heterocycles. The molecule has 1 aliphatic heterocycles. The van der Waals surface area contributed by atoms with Crippen LogP contribution in [0.2, 0.25) is 0 Å². The van der Waals surface area contributed by atoms with Crippen LogP contribution in [0.4, 0.5) is 0 Å². The van der Waals surface area contributed by atoms with Crippen LogP contribution in [0.5, 0.6) is 11.5 Å². The van der Waals surface area contributed by atoms with Gasteiger partial charge in [-0.1, -0.05) is 48.6 Å². The number of allylic oxidation sites excluding steroid dienone is 3. The molecule has 3 atom stereocenters. The topological polar surface area (TPSA) is 129 Å². The zero-order chi connectivity index (χ0) is 27.8. The molecule has 3 aliphatic rings. The first-order chi connectivity index (χ1) is 18.8. The van der Waals surface area contributed by atoms with Crippen LogP contribution in [-0.2, 0) is 23.9 Å². The van der Waals surface area contributed by atoms with Crippen molar-refractivity contribution in [2.75, 3.05) is 27.6 Å². The Balaban J connectivity index is 1.86. The van der Waals surface area contributed by atoms with Crippen molar-refractivity contribution in [1.82, 2.24) is 0 Å². The minimum atomic E-state index is -2.38. The van der Waals surface area contributed by atoms with E-state index in [0.29, 0.717) is 17.1 Å². The first-order valence-corrected chi connectivity index (χ1v) is 12.4. The molecule has 39 heavy (non-hydrogen) atoms. The summed E-state index contributed by atoms with van der Waals surface area (Å²) < 4.78 is 22.3. The SMILES string of the molecule is COc1ccc(C2C(C(=O)O)(C(=O)O)CC(/C=C/c3ccccc3)C23C(=O)C=CC2=C3COCO2)c(OC)c1. The van der Waals surface area contributed by atoms with E-state index in [9.17, 15) is 24.6 Å². The third-order valence-electron chi connectivity index (χ3n) is 8.05. The fraction of sp³-hybridized carbons (Fsp3) is 0.300. The Morgan fingerprint density at radius 1 is 1.03 bits per heavy atom. The number of carbonyl (C=O) groups is 3. The van der Waals surface area contributed by atoms with Crippen molar-refractivity contribution in [2.45, 2.75) is 12.3 Å². The molecule has 0 amide bonds. The van der Waals surface area contributed by atoms with E-state index in [1.54, 1.807) is 30.4 Å². The third-order valence-corrected chi connectivity index (χ3v) is 8.05. The number of methoxy groups -OCH3 is 2. The van der Waals surface area contributed by atoms with E-state index in [1.165, 1.54) is 26.4 Å². The maximum Gasteiger partial charge on any atom is 0.321 e. The number of carbonyl (C=O) groups excluding carboxylic acids is 1. The molecule has 0 bridgehead atoms. The van der Waals surface area contributed by atoms with Gasteiger partial charge in [-0.15, -0.1) is 0 Å². The van der Waals surface area contributed by atoms with Crippen molar-refractivity contribution >= 4 is 23.8 Å². The van der Waals surface area contributed by atoms with E-state index in [-0.39, 0.29) is 31.1 Å². The number of fused-ring (bicyclic) bond motifs is 1. The largest absolute Gasteiger partial charge is 0.497 e. The van der Waals surface area contributed by atoms with Crippen LogP contribution in [0, 0.1) is 16.7 Å². The fourth-order valence-electron chi connectivity index (χ4n) is 6.36. The third kappa shape index (κ3) is 3.92. The second-order valence-corrected chi connectivity index (χ2v) is 9.72. The number of rotatable bonds is 7. The van der Waals surface area contributed by atoms with E-state index < -0.39 is 40.4 Å². The standard InChI is InChI=1S/C30H28O9/c1-36-20-10-11-21(24(14-20)37-2)26-29(27(32)33,28(34)35)15-19(9-8-18-6-4-3-5-7-18)30(26)22-16-38-17-39-23(22)12-13-25(30)31/h3-14,19,26H,15-17H2,1-2H3,(H,32,33)(H,34,35)/b9-8+. The van der Waals surface area contributed by atoms with Gasteiger partial charge in [0.25, 0.3) is 0 Å². The van der Waals surface area contributed by atoms with Crippen LogP contribution in [-0.4, -0.2) is 55.6 Å². The minimum Gasteiger partial charge on any atom is -0.497 e. The molecule has 1 saturated carbocycles. The molecule has 2 aromatic carbocycles. The summed E-state index contributed by atoms with van der Waals surface area (Å²) in [6.07, 6.45) is 6.05. The van der Waals surface area contributed by atoms with Gasteiger partial charge in [0, 0.05) is 23.1 Å². The van der Waals surface area contributed by atoms with Crippen LogP contribution < -0.4 is 9.47 Å². The molecule has 2 aliphatic carbocycles. The smallest absolute Gasteiger partial charge is 0.321 e. The van der Waals surface area contributed by atoms with Crippen molar-refractivity contribution < 1.29 is 43.5 Å². The first-order valence-electron chi connectivity index (χ1n) is 12.4. The van der Waals surface area contributed by atoms with Gasteiger partial charge in [-0.2, -0.15) is 0 Å². The number of carboxylic acid groups (broad SMARTS) is 2. The summed E-state index contributed by atoms with van der Waals surface area (Å²) in [7, 11) is 2.87. The highest BCUT2D eigenvalue weighted by Gasteiger charge is 2.73. The van der Waals surface area contributed by atoms with Crippen LogP contribution in [0.15, 0.2) is 78.1 Å². The second kappa shape index (κ2) is 10.1. The number of aliphatic carboxylic acids is 2. The van der Waals surface area contributed by atoms with E-state index >= 15 is 0 Å². The predicted molar refractivity (Wildman–Crippen MR) is 139 cm³/mol. The number of ketones is 1. The summed E-state index contributed by atoms with van der Waals surface area (Å²) in [5, 5.41) is 21.3. The van der Waals surface area contributed by atoms with E-state index in [0.717, 1.165) is 5.56 Å². The lowest BCUT2D eigenvalue weighted by molar-refractivity contribution is -0.166. The monoisotopic (exact) mass is 532 g/mol. The highest BCUT2D eigenvalue weighted by molar-refractivity contribution is 6.07. The summed E-state index contributed by atoms with van der Waals surface area (Å²) in [5.74, 6) is -4.72. The molecule has 202 valence electrons. The Morgan fingerprint density at radius 3 is 2.44 bits per heavy atom. The van der Waals surface area contributed by atoms with Crippen molar-refractivity contribution in [1.29, 1.82) is 0 Å². The van der Waals surface area contributed by atoms with Gasteiger partial charge in [0.15, 0.2) is 18.0 Å². The fourth-order valence-corrected chi connectivity index (χ4v) is 6.36. The average molecular weight is 533 g/mol. The zero-order valence-electron chi connectivity index (χ0n) is 21.5. The molecule has 1 heterocycles. The van der Waals surface area contributed by atoms with E-state index in [2.05, 4.69) is 0 Å². The quantitative estimate of drug-likeness (QED) is 0.507. The van der Waals surface area contributed by atoms with Crippen molar-refractivity contribution in [3.8, 4) is 11.5 Å². The summed E-state index contributed by atoms with van der Waals surface area (Å²) in [4.78, 5) is 40.4. The van der Waals surface area contributed by atoms with Gasteiger partial charge in [0.05, 0.1) is 26.2 Å². The molecule has 1 spiro atoms. The summed E-state index contributed by atoms with van der Waals surface area (Å²) in [6, 6.07) is 14.0. The minimum absolute atomic E-state index is 0.0224. The average Bonchev–Trinajstić information content (AvgIpc) is 3.27. The molecule has 0 radical (unpaired) electrons. The molecule has 0 saturated heterocycles. The molecular weight excluding hydrogens is 504 g/mol. The number of benzene rings is 2. The molecular formula is C30H28O9. The Bertz CT molecular complexity index is 1390. The Hall–Kier alpha value is -4.37. The predicted octanol–water partition coefficient (Wildman–Crippen LogP) is 4.06. The number of ether oxygens (including phenoxy) is 4. The molecule has 2 aromatic rings. The van der Waals surface area contributed by atoms with Gasteiger partial charge in [0.2, 0.25) is 0 Å². The highest BCUT2D eigenvalue weighted by Crippen LogP contribution is 2.69. The van der Waals surface area contributed by atoms with Crippen LogP contribution >= 0.6 is 0 Å². The van der Waals surface area contributed by atoms with Gasteiger partial charge >= 0.3 is 11.9 Å². The van der Waals surface area contributed by atoms with Gasteiger partial charge in [0.1, 0.15) is 17.3 Å². The Kier molecular flexibility index (Phi) is 6.78. The van der Waals surface area contributed by atoms with Gasteiger partial charge in [-0.25, -0.2) is 0 Å². The van der Waals surface area contributed by atoms with Crippen molar-refractivity contribution in [3.63, 3.8) is 0 Å². The number of carboxylic acids is 2. The summed E-state index contributed by atoms with van der Waals surface area (Å²) in [5.41, 5.74) is -2.53. The maximum absolute atomic E-state index is 14.2. The van der Waals surface area contributed by atoms with E-state index in [1.807, 2.05) is 30.3 Å². The van der Waals surface area contributed by atoms with Crippen molar-refractivity contribution in [3.05, 3.63) is 89.2 Å². The molecule has 3 unspecified atom stereocenters. The zero-order valence-corrected chi connectivity index (χ0v) is 21.5. The Morgan fingerprint density at radius 2 is 1.77 bits per heavy atom. The first kappa shape index (κ1) is 26.2. The van der Waals surface area contributed by atoms with E-state index in [4.69, 9.17) is 18.9 Å². The van der Waals surface area contributed by atoms with Crippen LogP contribution in [0.3, 0.4) is 0 Å². The van der Waals surface area contributed by atoms with Gasteiger partial charge in [-0.05, 0) is 36.1 Å². The molecule has 5 rings (SSSR count). The molecule has 1 fully saturated rings. The molecule has 9 heteroatoms. The normalized spacial score (nSPS) is 25.4. The lowest BCUT2D eigenvalue weighted by atomic mass is 9.57. The highest BCUT2D eigenvalue weighted by atomic mass is 16.7. The molecule has 2 N–H and O–H groups in total. The Labute approximate surface area is 224 Å². The van der Waals surface area contributed by atoms with Crippen LogP contribution in [0.1, 0.15) is 23.5 Å². The van der Waals surface area contributed by atoms with Gasteiger partial charge < -0.3 is 29.2 Å². The summed E-state index contributed by atoms with van der Waals surface area (Å²) in [6.45, 7) is -0.0666. The summed E-state index contributed by atoms with van der Waals surface area (Å²) >= 11 is 0. The van der Waals surface area contributed by atoms with Crippen molar-refractivity contribution in [2.24, 2.45) is 16.7 Å². The van der Waals surface area contributed by atoms with Gasteiger partial charge in [-0.3, -0.25) is 14.4 Å². The lowest BCUT2D eigenvalue weighted by Crippen LogP contribution is -2.50.